The van der Waals surface area contributed by atoms with E-state index in [1.54, 1.807) is 7.11 Å². The Kier molecular flexibility index (Phi) is 4.39. The fourth-order valence-corrected chi connectivity index (χ4v) is 2.19. The average molecular weight is 275 g/mol. The van der Waals surface area contributed by atoms with E-state index in [-0.39, 0.29) is 6.04 Å². The average Bonchev–Trinajstić information content (AvgIpc) is 2.87. The number of aromatic nitrogens is 3. The first-order chi connectivity index (χ1) is 9.52. The molecule has 5 nitrogen and oxygen atoms in total. The predicted octanol–water partition coefficient (Wildman–Crippen LogP) is 2.45. The van der Waals surface area contributed by atoms with Crippen LogP contribution < -0.4 is 4.74 Å². The van der Waals surface area contributed by atoms with E-state index in [0.717, 1.165) is 22.7 Å². The summed E-state index contributed by atoms with van der Waals surface area (Å²) in [5, 5.41) is 14.6. The molecule has 2 aromatic rings. The Morgan fingerprint density at radius 3 is 2.75 bits per heavy atom. The highest BCUT2D eigenvalue weighted by atomic mass is 16.5. The smallest absolute Gasteiger partial charge is 0.138 e. The van der Waals surface area contributed by atoms with E-state index in [4.69, 9.17) is 4.74 Å². The first kappa shape index (κ1) is 14.5. The third kappa shape index (κ3) is 2.99. The second-order valence-corrected chi connectivity index (χ2v) is 5.16. The molecule has 1 aromatic carbocycles. The van der Waals surface area contributed by atoms with Gasteiger partial charge in [-0.1, -0.05) is 12.1 Å². The van der Waals surface area contributed by atoms with Gasteiger partial charge < -0.3 is 9.84 Å². The Labute approximate surface area is 119 Å². The largest absolute Gasteiger partial charge is 0.496 e. The van der Waals surface area contributed by atoms with Gasteiger partial charge in [0.15, 0.2) is 0 Å². The second-order valence-electron chi connectivity index (χ2n) is 5.16. The van der Waals surface area contributed by atoms with E-state index in [9.17, 15) is 5.11 Å². The van der Waals surface area contributed by atoms with Crippen molar-refractivity contribution in [1.29, 1.82) is 0 Å². The van der Waals surface area contributed by atoms with Crippen LogP contribution in [-0.2, 0) is 6.42 Å². The van der Waals surface area contributed by atoms with Crippen molar-refractivity contribution in [2.75, 3.05) is 7.11 Å². The summed E-state index contributed by atoms with van der Waals surface area (Å²) in [6.07, 6.45) is 1.34. The van der Waals surface area contributed by atoms with Crippen LogP contribution in [0.5, 0.6) is 5.75 Å². The van der Waals surface area contributed by atoms with Gasteiger partial charge >= 0.3 is 0 Å². The van der Waals surface area contributed by atoms with Crippen LogP contribution in [0, 0.1) is 6.92 Å². The van der Waals surface area contributed by atoms with Gasteiger partial charge in [0, 0.05) is 12.5 Å². The summed E-state index contributed by atoms with van der Waals surface area (Å²) >= 11 is 0. The van der Waals surface area contributed by atoms with E-state index < -0.39 is 6.10 Å². The molecular weight excluding hydrogens is 254 g/mol. The minimum atomic E-state index is -0.619. The molecule has 0 aliphatic rings. The van der Waals surface area contributed by atoms with Gasteiger partial charge in [-0.3, -0.25) is 0 Å². The van der Waals surface area contributed by atoms with Crippen molar-refractivity contribution in [3.63, 3.8) is 0 Å². The number of rotatable bonds is 5. The van der Waals surface area contributed by atoms with Crippen LogP contribution in [0.1, 0.15) is 42.9 Å². The van der Waals surface area contributed by atoms with Gasteiger partial charge in [0.05, 0.1) is 13.2 Å². The molecule has 1 N–H and O–H groups in total. The number of nitrogens with zero attached hydrogens (tertiary/aromatic N) is 3. The number of aliphatic hydroxyl groups excluding tert-OH is 1. The van der Waals surface area contributed by atoms with Crippen molar-refractivity contribution >= 4 is 0 Å². The van der Waals surface area contributed by atoms with Gasteiger partial charge in [0.2, 0.25) is 0 Å². The van der Waals surface area contributed by atoms with Gasteiger partial charge in [0.1, 0.15) is 17.9 Å². The van der Waals surface area contributed by atoms with Gasteiger partial charge in [-0.25, -0.2) is 9.67 Å². The van der Waals surface area contributed by atoms with Crippen LogP contribution in [0.15, 0.2) is 24.5 Å². The first-order valence-corrected chi connectivity index (χ1v) is 6.74. The van der Waals surface area contributed by atoms with E-state index in [1.165, 1.54) is 6.33 Å². The molecule has 1 aromatic heterocycles. The highest BCUT2D eigenvalue weighted by Crippen LogP contribution is 2.25. The summed E-state index contributed by atoms with van der Waals surface area (Å²) in [6.45, 7) is 6.06. The molecule has 2 rings (SSSR count). The fraction of sp³-hybridized carbons (Fsp3) is 0.467. The summed E-state index contributed by atoms with van der Waals surface area (Å²) in [4.78, 5) is 4.22. The predicted molar refractivity (Wildman–Crippen MR) is 76.8 cm³/mol. The maximum absolute atomic E-state index is 10.4. The number of hydrogen-bond acceptors (Lipinski definition) is 4. The quantitative estimate of drug-likeness (QED) is 0.910. The van der Waals surface area contributed by atoms with Crippen LogP contribution in [-0.4, -0.2) is 27.0 Å². The molecule has 1 atom stereocenters. The number of aryl methyl sites for hydroxylation is 1. The molecule has 108 valence electrons. The lowest BCUT2D eigenvalue weighted by molar-refractivity contribution is 0.173. The van der Waals surface area contributed by atoms with Crippen LogP contribution in [0.3, 0.4) is 0 Å². The van der Waals surface area contributed by atoms with Crippen molar-refractivity contribution in [1.82, 2.24) is 14.8 Å². The molecule has 0 fully saturated rings. The number of hydrogen-bond donors (Lipinski definition) is 1. The molecule has 5 heteroatoms. The van der Waals surface area contributed by atoms with E-state index in [1.807, 2.05) is 43.7 Å². The second kappa shape index (κ2) is 6.05. The Morgan fingerprint density at radius 2 is 2.10 bits per heavy atom. The zero-order valence-corrected chi connectivity index (χ0v) is 12.4. The number of benzene rings is 1. The number of ether oxygens (including phenoxy) is 1. The van der Waals surface area contributed by atoms with Crippen molar-refractivity contribution in [3.05, 3.63) is 41.5 Å². The Bertz CT molecular complexity index is 578. The molecule has 0 saturated carbocycles. The standard InChI is InChI=1S/C15H21N3O2/c1-10(2)18-15(16-9-17-18)8-13(19)12-6-5-11(3)14(7-12)20-4/h5-7,9-10,13,19H,8H2,1-4H3. The molecule has 1 unspecified atom stereocenters. The molecule has 0 bridgehead atoms. The van der Waals surface area contributed by atoms with Gasteiger partial charge in [-0.15, -0.1) is 0 Å². The first-order valence-electron chi connectivity index (χ1n) is 6.74. The monoisotopic (exact) mass is 275 g/mol. The zero-order chi connectivity index (χ0) is 14.7. The van der Waals surface area contributed by atoms with Crippen LogP contribution in [0.2, 0.25) is 0 Å². The highest BCUT2D eigenvalue weighted by Gasteiger charge is 2.15. The summed E-state index contributed by atoms with van der Waals surface area (Å²) in [5.74, 6) is 1.57. The number of methoxy groups -OCH3 is 1. The Morgan fingerprint density at radius 1 is 1.35 bits per heavy atom. The molecular formula is C15H21N3O2. The normalized spacial score (nSPS) is 12.7. The van der Waals surface area contributed by atoms with E-state index in [2.05, 4.69) is 10.1 Å². The zero-order valence-electron chi connectivity index (χ0n) is 12.4. The number of aliphatic hydroxyl groups is 1. The molecule has 20 heavy (non-hydrogen) atoms. The third-order valence-electron chi connectivity index (χ3n) is 3.33. The fourth-order valence-electron chi connectivity index (χ4n) is 2.19. The topological polar surface area (TPSA) is 60.2 Å². The molecule has 0 spiro atoms. The summed E-state index contributed by atoms with van der Waals surface area (Å²) in [7, 11) is 1.63. The molecule has 0 amide bonds. The van der Waals surface area contributed by atoms with E-state index >= 15 is 0 Å². The van der Waals surface area contributed by atoms with Gasteiger partial charge in [0.25, 0.3) is 0 Å². The molecule has 0 saturated heterocycles. The van der Waals surface area contributed by atoms with Gasteiger partial charge in [-0.05, 0) is 38.0 Å². The summed E-state index contributed by atoms with van der Waals surface area (Å²) in [6, 6.07) is 5.96. The molecule has 1 heterocycles. The van der Waals surface area contributed by atoms with E-state index in [0.29, 0.717) is 6.42 Å². The Balaban J connectivity index is 2.19. The molecule has 0 aliphatic carbocycles. The SMILES string of the molecule is COc1cc(C(O)Cc2ncnn2C(C)C)ccc1C. The minimum absolute atomic E-state index is 0.229. The maximum atomic E-state index is 10.4. The van der Waals surface area contributed by atoms with Gasteiger partial charge in [-0.2, -0.15) is 5.10 Å². The van der Waals surface area contributed by atoms with Crippen LogP contribution in [0.25, 0.3) is 0 Å². The Hall–Kier alpha value is -1.88. The third-order valence-corrected chi connectivity index (χ3v) is 3.33. The van der Waals surface area contributed by atoms with Crippen molar-refractivity contribution in [2.45, 2.75) is 39.3 Å². The van der Waals surface area contributed by atoms with Crippen molar-refractivity contribution in [3.8, 4) is 5.75 Å². The summed E-state index contributed by atoms with van der Waals surface area (Å²) < 4.78 is 7.12. The minimum Gasteiger partial charge on any atom is -0.496 e. The van der Waals surface area contributed by atoms with Crippen LogP contribution >= 0.6 is 0 Å². The highest BCUT2D eigenvalue weighted by molar-refractivity contribution is 5.37. The maximum Gasteiger partial charge on any atom is 0.138 e. The molecule has 0 aliphatic heterocycles. The lowest BCUT2D eigenvalue weighted by Gasteiger charge is -2.15. The lowest BCUT2D eigenvalue weighted by Crippen LogP contribution is -2.12. The summed E-state index contributed by atoms with van der Waals surface area (Å²) in [5.41, 5.74) is 1.87. The van der Waals surface area contributed by atoms with Crippen LogP contribution in [0.4, 0.5) is 0 Å². The lowest BCUT2D eigenvalue weighted by atomic mass is 10.0. The van der Waals surface area contributed by atoms with Crippen molar-refractivity contribution < 1.29 is 9.84 Å². The molecule has 0 radical (unpaired) electrons. The van der Waals surface area contributed by atoms with Crippen molar-refractivity contribution in [2.24, 2.45) is 0 Å².